The van der Waals surface area contributed by atoms with Crippen molar-refractivity contribution in [2.45, 2.75) is 4.58 Å². The largest absolute Gasteiger partial charge is 0.747 e. The van der Waals surface area contributed by atoms with E-state index in [-0.39, 0.29) is 12.3 Å². The first-order chi connectivity index (χ1) is 4.69. The smallest absolute Gasteiger partial charge is 0.151 e. The molecule has 0 spiro atoms. The lowest BCUT2D eigenvalue weighted by Crippen LogP contribution is -2.36. The molecular weight excluding hydrogens is 226 g/mol. The molecule has 0 saturated heterocycles. The molecule has 0 atom stereocenters. The minimum absolute atomic E-state index is 0. The number of rotatable bonds is 3. The predicted octanol–water partition coefficient (Wildman–Crippen LogP) is -1.89. The molecule has 0 aromatic rings. The van der Waals surface area contributed by atoms with Crippen LogP contribution in [0.1, 0.15) is 0 Å². The molecule has 84 valence electrons. The summed E-state index contributed by atoms with van der Waals surface area (Å²) >= 11 is 0. The molecule has 0 aromatic heterocycles. The van der Waals surface area contributed by atoms with E-state index in [0.29, 0.717) is 0 Å². The van der Waals surface area contributed by atoms with Gasteiger partial charge in [0.05, 0.1) is 0 Å². The first kappa shape index (κ1) is 18.5. The highest BCUT2D eigenvalue weighted by Crippen LogP contribution is 2.03. The molecule has 0 rings (SSSR count). The lowest BCUT2D eigenvalue weighted by molar-refractivity contribution is 0.436. The zero-order valence-corrected chi connectivity index (χ0v) is 8.76. The summed E-state index contributed by atoms with van der Waals surface area (Å²) in [7, 11) is -10.3. The van der Waals surface area contributed by atoms with Crippen LogP contribution in [0.5, 0.6) is 0 Å². The Bertz CT molecular complexity index is 286. The van der Waals surface area contributed by atoms with Crippen molar-refractivity contribution in [1.82, 2.24) is 12.3 Å². The molecule has 0 amide bonds. The van der Waals surface area contributed by atoms with Gasteiger partial charge in [-0.2, -0.15) is 0 Å². The molecule has 11 heteroatoms. The van der Waals surface area contributed by atoms with Crippen molar-refractivity contribution >= 4 is 20.2 Å². The van der Waals surface area contributed by atoms with Crippen LogP contribution in [0.4, 0.5) is 0 Å². The second-order valence-electron chi connectivity index (χ2n) is 1.65. The van der Waals surface area contributed by atoms with Gasteiger partial charge in [0.25, 0.3) is 0 Å². The molecule has 9 nitrogen and oxygen atoms in total. The van der Waals surface area contributed by atoms with Gasteiger partial charge in [0.15, 0.2) is 4.58 Å². The minimum atomic E-state index is -5.15. The van der Waals surface area contributed by atoms with Gasteiger partial charge >= 0.3 is 0 Å². The highest BCUT2D eigenvalue weighted by atomic mass is 32.3. The summed E-state index contributed by atoms with van der Waals surface area (Å²) in [4.78, 5) is 0. The van der Waals surface area contributed by atoms with E-state index in [4.69, 9.17) is 0 Å². The Balaban J connectivity index is -0.000000500. The summed E-state index contributed by atoms with van der Waals surface area (Å²) in [5.41, 5.74) is 4.59. The molecule has 0 aliphatic heterocycles. The number of hydrogen-bond acceptors (Lipinski definition) is 7. The van der Waals surface area contributed by atoms with E-state index < -0.39 is 31.4 Å². The van der Waals surface area contributed by atoms with Crippen LogP contribution in [0.25, 0.3) is 0 Å². The third-order valence-electron chi connectivity index (χ3n) is 0.836. The topological polar surface area (TPSA) is 213 Å². The van der Waals surface area contributed by atoms with Gasteiger partial charge in [0, 0.05) is 6.54 Å². The highest BCUT2D eigenvalue weighted by molar-refractivity contribution is 8.03. The van der Waals surface area contributed by atoms with Crippen LogP contribution in [0.3, 0.4) is 0 Å². The Morgan fingerprint density at radius 2 is 1.23 bits per heavy atom. The average molecular weight is 239 g/mol. The first-order valence-corrected chi connectivity index (χ1v) is 5.23. The van der Waals surface area contributed by atoms with Crippen LogP contribution in [0.15, 0.2) is 0 Å². The van der Waals surface area contributed by atoms with Crippen molar-refractivity contribution < 1.29 is 25.9 Å². The van der Waals surface area contributed by atoms with E-state index in [1.807, 2.05) is 0 Å². The maximum Gasteiger partial charge on any atom is 0.151 e. The first-order valence-electron chi connectivity index (χ1n) is 2.29. The zero-order valence-electron chi connectivity index (χ0n) is 7.13. The fourth-order valence-electron chi connectivity index (χ4n) is 0.380. The van der Waals surface area contributed by atoms with E-state index >= 15 is 0 Å². The van der Waals surface area contributed by atoms with Crippen LogP contribution >= 0.6 is 0 Å². The second-order valence-corrected chi connectivity index (χ2v) is 5.06. The molecule has 0 aromatic carbocycles. The third kappa shape index (κ3) is 5.87. The Kier molecular flexibility index (Phi) is 7.72. The Morgan fingerprint density at radius 3 is 1.23 bits per heavy atom. The van der Waals surface area contributed by atoms with Crippen LogP contribution in [0, 0.1) is 0 Å². The van der Waals surface area contributed by atoms with Crippen molar-refractivity contribution in [1.29, 1.82) is 0 Å². The molecule has 10 N–H and O–H groups in total. The molecule has 0 aliphatic rings. The van der Waals surface area contributed by atoms with Crippen molar-refractivity contribution in [3.8, 4) is 0 Å². The summed E-state index contributed by atoms with van der Waals surface area (Å²) < 4.78 is 57.4. The van der Waals surface area contributed by atoms with E-state index in [1.54, 1.807) is 0 Å². The van der Waals surface area contributed by atoms with Gasteiger partial charge in [0.1, 0.15) is 20.2 Å². The SMILES string of the molecule is NCC(S(=O)(=O)[O-])S(=O)(=O)[O-].[NH4+].[NH4+]. The zero-order chi connectivity index (χ0) is 9.28. The Morgan fingerprint density at radius 1 is 1.00 bits per heavy atom. The maximum absolute atomic E-state index is 9.99. The summed E-state index contributed by atoms with van der Waals surface area (Å²) in [6.07, 6.45) is 0. The quantitative estimate of drug-likeness (QED) is 0.475. The molecule has 0 heterocycles. The lowest BCUT2D eigenvalue weighted by atomic mass is 10.8. The summed E-state index contributed by atoms with van der Waals surface area (Å²) in [6, 6.07) is 0. The van der Waals surface area contributed by atoms with E-state index in [1.165, 1.54) is 0 Å². The summed E-state index contributed by atoms with van der Waals surface area (Å²) in [5, 5.41) is 0. The van der Waals surface area contributed by atoms with Crippen LogP contribution in [-0.2, 0) is 20.2 Å². The summed E-state index contributed by atoms with van der Waals surface area (Å²) in [6.45, 7) is -1.02. The second kappa shape index (κ2) is 5.43. The normalized spacial score (nSPS) is 11.7. The fourth-order valence-corrected chi connectivity index (χ4v) is 2.01. The number of quaternary nitrogens is 2. The molecule has 0 unspecified atom stereocenters. The van der Waals surface area contributed by atoms with E-state index in [0.717, 1.165) is 0 Å². The molecule has 0 fully saturated rings. The van der Waals surface area contributed by atoms with Crippen molar-refractivity contribution in [2.24, 2.45) is 5.73 Å². The van der Waals surface area contributed by atoms with E-state index in [2.05, 4.69) is 5.73 Å². The average Bonchev–Trinajstić information content (AvgIpc) is 1.56. The van der Waals surface area contributed by atoms with Crippen LogP contribution < -0.4 is 18.0 Å². The summed E-state index contributed by atoms with van der Waals surface area (Å²) in [5.74, 6) is 0. The molecule has 13 heavy (non-hydrogen) atoms. The molecule has 0 bridgehead atoms. The van der Waals surface area contributed by atoms with Gasteiger partial charge in [-0.1, -0.05) is 0 Å². The van der Waals surface area contributed by atoms with Gasteiger partial charge in [-0.3, -0.25) is 0 Å². The number of nitrogens with two attached hydrogens (primary N) is 1. The molecule has 0 aliphatic carbocycles. The highest BCUT2D eigenvalue weighted by Gasteiger charge is 2.21. The van der Waals surface area contributed by atoms with Gasteiger partial charge in [-0.25, -0.2) is 16.8 Å². The Hall–Kier alpha value is -0.300. The standard InChI is InChI=1S/C2H7NO6S2.2H3N/c3-1-2(10(4,5)6)11(7,8)9;;/h2H,1,3H2,(H,4,5,6)(H,7,8,9);2*1H3. The maximum atomic E-state index is 9.99. The van der Waals surface area contributed by atoms with Gasteiger partial charge < -0.3 is 27.1 Å². The minimum Gasteiger partial charge on any atom is -0.747 e. The monoisotopic (exact) mass is 239 g/mol. The van der Waals surface area contributed by atoms with E-state index in [9.17, 15) is 25.9 Å². The van der Waals surface area contributed by atoms with Crippen LogP contribution in [0.2, 0.25) is 0 Å². The van der Waals surface area contributed by atoms with Gasteiger partial charge in [0.2, 0.25) is 0 Å². The molecular formula is C2H13N3O6S2. The fraction of sp³-hybridized carbons (Fsp3) is 1.00. The molecule has 0 radical (unpaired) electrons. The third-order valence-corrected chi connectivity index (χ3v) is 3.92. The molecule has 0 saturated carbocycles. The van der Waals surface area contributed by atoms with Crippen LogP contribution in [-0.4, -0.2) is 37.1 Å². The number of hydrogen-bond donors (Lipinski definition) is 3. The van der Waals surface area contributed by atoms with Gasteiger partial charge in [-0.15, -0.1) is 0 Å². The lowest BCUT2D eigenvalue weighted by Gasteiger charge is -2.21. The van der Waals surface area contributed by atoms with Crippen molar-refractivity contribution in [2.75, 3.05) is 6.54 Å². The Labute approximate surface area is 76.0 Å². The van der Waals surface area contributed by atoms with Gasteiger partial charge in [-0.05, 0) is 0 Å². The predicted molar refractivity (Wildman–Crippen MR) is 44.2 cm³/mol. The van der Waals surface area contributed by atoms with Crippen molar-refractivity contribution in [3.63, 3.8) is 0 Å². The van der Waals surface area contributed by atoms with Crippen molar-refractivity contribution in [3.05, 3.63) is 0 Å².